The van der Waals surface area contributed by atoms with Gasteiger partial charge in [0.1, 0.15) is 5.56 Å². The summed E-state index contributed by atoms with van der Waals surface area (Å²) in [6.07, 6.45) is -1.36. The van der Waals surface area contributed by atoms with Crippen LogP contribution in [0.4, 0.5) is 27.6 Å². The van der Waals surface area contributed by atoms with Crippen molar-refractivity contribution in [2.45, 2.75) is 50.4 Å². The van der Waals surface area contributed by atoms with Crippen molar-refractivity contribution in [1.82, 2.24) is 5.32 Å². The highest BCUT2D eigenvalue weighted by atomic mass is 32.2. The molecule has 0 saturated carbocycles. The standard InChI is InChI=1S/C41H35F5N2O5S/c1-22-32(21-54-31-15-13-30(14-16-31)48-23(2)50)52-41(53-39(22)26-11-9-24(20-49)10-12-26)29-8-4-7-28(18-29)27-6-3-5-25(17-27)19-47-40(51)33-34(42)36(44)38(46)37(45)35(33)43/h3-18,22,32,39,41,49H,19-21H2,1-2H3,(H,47,51)(H,48,50)/t22-,32+,39+,41+/m1/s1. The summed E-state index contributed by atoms with van der Waals surface area (Å²) in [5, 5.41) is 14.6. The molecule has 1 heterocycles. The number of thioether (sulfide) groups is 1. The number of benzene rings is 5. The second kappa shape index (κ2) is 16.9. The summed E-state index contributed by atoms with van der Waals surface area (Å²) in [7, 11) is 0. The third-order valence-corrected chi connectivity index (χ3v) is 10.1. The maximum Gasteiger partial charge on any atom is 0.257 e. The zero-order valence-electron chi connectivity index (χ0n) is 29.0. The SMILES string of the molecule is CC(=O)Nc1ccc(SC[C@@H]2O[C@H](c3cccc(-c4cccc(CNC(=O)c5c(F)c(F)c(F)c(F)c5F)c4)c3)O[C@H](c3ccc(CO)cc3)[C@@H]2C)cc1. The summed E-state index contributed by atoms with van der Waals surface area (Å²) < 4.78 is 82.5. The molecule has 1 fully saturated rings. The first-order valence-corrected chi connectivity index (χ1v) is 17.9. The Kier molecular flexibility index (Phi) is 12.1. The molecule has 13 heteroatoms. The average Bonchev–Trinajstić information content (AvgIpc) is 3.18. The fourth-order valence-electron chi connectivity index (χ4n) is 6.13. The Morgan fingerprint density at radius 2 is 1.37 bits per heavy atom. The molecular weight excluding hydrogens is 728 g/mol. The quantitative estimate of drug-likeness (QED) is 0.0538. The van der Waals surface area contributed by atoms with Crippen LogP contribution in [0.2, 0.25) is 0 Å². The van der Waals surface area contributed by atoms with Gasteiger partial charge in [0, 0.05) is 41.3 Å². The zero-order valence-corrected chi connectivity index (χ0v) is 29.9. The highest BCUT2D eigenvalue weighted by Crippen LogP contribution is 2.43. The predicted octanol–water partition coefficient (Wildman–Crippen LogP) is 9.01. The molecular formula is C41H35F5N2O5S. The van der Waals surface area contributed by atoms with Crippen LogP contribution in [0.5, 0.6) is 0 Å². The minimum absolute atomic E-state index is 0.0627. The number of ether oxygens (including phenoxy) is 2. The first-order valence-electron chi connectivity index (χ1n) is 16.9. The summed E-state index contributed by atoms with van der Waals surface area (Å²) in [5.41, 5.74) is 3.56. The first-order chi connectivity index (χ1) is 25.9. The van der Waals surface area contributed by atoms with Crippen LogP contribution in [-0.4, -0.2) is 28.8 Å². The van der Waals surface area contributed by atoms with E-state index >= 15 is 0 Å². The molecule has 7 nitrogen and oxygen atoms in total. The largest absolute Gasteiger partial charge is 0.392 e. The van der Waals surface area contributed by atoms with Crippen LogP contribution in [0.3, 0.4) is 0 Å². The lowest BCUT2D eigenvalue weighted by Crippen LogP contribution is -2.38. The molecule has 0 bridgehead atoms. The smallest absolute Gasteiger partial charge is 0.257 e. The molecule has 6 rings (SSSR count). The van der Waals surface area contributed by atoms with Crippen molar-refractivity contribution in [2.24, 2.45) is 5.92 Å². The van der Waals surface area contributed by atoms with Crippen molar-refractivity contribution in [1.29, 1.82) is 0 Å². The molecule has 0 spiro atoms. The maximum atomic E-state index is 14.2. The Morgan fingerprint density at radius 1 is 0.741 bits per heavy atom. The Morgan fingerprint density at radius 3 is 2.02 bits per heavy atom. The lowest BCUT2D eigenvalue weighted by Gasteiger charge is -2.41. The van der Waals surface area contributed by atoms with Gasteiger partial charge in [0.15, 0.2) is 29.6 Å². The van der Waals surface area contributed by atoms with Gasteiger partial charge >= 0.3 is 0 Å². The molecule has 0 aromatic heterocycles. The van der Waals surface area contributed by atoms with Gasteiger partial charge in [0.2, 0.25) is 11.7 Å². The van der Waals surface area contributed by atoms with Crippen molar-refractivity contribution in [3.8, 4) is 11.1 Å². The second-order valence-corrected chi connectivity index (χ2v) is 13.9. The van der Waals surface area contributed by atoms with Gasteiger partial charge in [0.25, 0.3) is 5.91 Å². The number of amides is 2. The number of anilines is 1. The predicted molar refractivity (Wildman–Crippen MR) is 194 cm³/mol. The highest BCUT2D eigenvalue weighted by Gasteiger charge is 2.38. The average molecular weight is 763 g/mol. The van der Waals surface area contributed by atoms with E-state index in [1.807, 2.05) is 78.9 Å². The van der Waals surface area contributed by atoms with Gasteiger partial charge in [-0.05, 0) is 64.2 Å². The van der Waals surface area contributed by atoms with E-state index in [0.29, 0.717) is 17.0 Å². The number of aliphatic hydroxyl groups excluding tert-OH is 1. The van der Waals surface area contributed by atoms with Crippen LogP contribution in [0, 0.1) is 35.0 Å². The van der Waals surface area contributed by atoms with Crippen LogP contribution in [0.1, 0.15) is 58.9 Å². The maximum absolute atomic E-state index is 14.2. The van der Waals surface area contributed by atoms with Gasteiger partial charge in [0.05, 0.1) is 18.8 Å². The van der Waals surface area contributed by atoms with Crippen molar-refractivity contribution >= 4 is 29.3 Å². The van der Waals surface area contributed by atoms with Crippen molar-refractivity contribution in [3.63, 3.8) is 0 Å². The monoisotopic (exact) mass is 762 g/mol. The van der Waals surface area contributed by atoms with Crippen molar-refractivity contribution in [2.75, 3.05) is 11.1 Å². The van der Waals surface area contributed by atoms with Crippen molar-refractivity contribution < 1.29 is 46.1 Å². The number of hydrogen-bond donors (Lipinski definition) is 3. The first kappa shape index (κ1) is 38.6. The molecule has 0 aliphatic carbocycles. The number of aliphatic hydroxyl groups is 1. The zero-order chi connectivity index (χ0) is 38.5. The van der Waals surface area contributed by atoms with E-state index in [1.54, 1.807) is 30.0 Å². The van der Waals surface area contributed by atoms with Gasteiger partial charge in [-0.3, -0.25) is 9.59 Å². The molecule has 3 N–H and O–H groups in total. The number of rotatable bonds is 11. The minimum atomic E-state index is -2.34. The molecule has 5 aromatic rings. The number of nitrogens with one attached hydrogen (secondary N) is 2. The van der Waals surface area contributed by atoms with E-state index in [1.165, 1.54) is 6.92 Å². The highest BCUT2D eigenvalue weighted by molar-refractivity contribution is 7.99. The fraction of sp³-hybridized carbons (Fsp3) is 0.220. The topological polar surface area (TPSA) is 96.9 Å². The fourth-order valence-corrected chi connectivity index (χ4v) is 7.19. The normalized spacial score (nSPS) is 18.3. The number of carbonyl (C=O) groups is 2. The number of carbonyl (C=O) groups excluding carboxylic acids is 2. The Hall–Kier alpha value is -5.08. The number of halogens is 5. The molecule has 5 aromatic carbocycles. The van der Waals surface area contributed by atoms with Gasteiger partial charge in [-0.15, -0.1) is 11.8 Å². The summed E-state index contributed by atoms with van der Waals surface area (Å²) in [4.78, 5) is 25.0. The Labute approximate surface area is 312 Å². The van der Waals surface area contributed by atoms with E-state index in [-0.39, 0.29) is 37.2 Å². The van der Waals surface area contributed by atoms with Crippen LogP contribution in [-0.2, 0) is 27.4 Å². The molecule has 2 amide bonds. The lowest BCUT2D eigenvalue weighted by atomic mass is 9.91. The minimum Gasteiger partial charge on any atom is -0.392 e. The lowest BCUT2D eigenvalue weighted by molar-refractivity contribution is -0.268. The van der Waals surface area contributed by atoms with E-state index in [0.717, 1.165) is 32.7 Å². The van der Waals surface area contributed by atoms with Gasteiger partial charge in [-0.25, -0.2) is 22.0 Å². The van der Waals surface area contributed by atoms with Gasteiger partial charge in [-0.1, -0.05) is 67.6 Å². The third kappa shape index (κ3) is 8.65. The van der Waals surface area contributed by atoms with E-state index in [2.05, 4.69) is 17.6 Å². The summed E-state index contributed by atoms with van der Waals surface area (Å²) in [6, 6.07) is 29.5. The van der Waals surface area contributed by atoms with Crippen LogP contribution in [0.25, 0.3) is 11.1 Å². The van der Waals surface area contributed by atoms with E-state index < -0.39 is 46.8 Å². The van der Waals surface area contributed by atoms with Crippen LogP contribution in [0.15, 0.2) is 102 Å². The van der Waals surface area contributed by atoms with Gasteiger partial charge in [-0.2, -0.15) is 0 Å². The van der Waals surface area contributed by atoms with E-state index in [9.17, 15) is 36.6 Å². The van der Waals surface area contributed by atoms with Crippen LogP contribution >= 0.6 is 11.8 Å². The summed E-state index contributed by atoms with van der Waals surface area (Å²) in [6.45, 7) is 3.18. The van der Waals surface area contributed by atoms with Gasteiger partial charge < -0.3 is 25.2 Å². The summed E-state index contributed by atoms with van der Waals surface area (Å²) >= 11 is 1.62. The second-order valence-electron chi connectivity index (χ2n) is 12.8. The Bertz CT molecular complexity index is 2120. The molecule has 54 heavy (non-hydrogen) atoms. The molecule has 1 aliphatic heterocycles. The van der Waals surface area contributed by atoms with E-state index in [4.69, 9.17) is 9.47 Å². The van der Waals surface area contributed by atoms with Crippen LogP contribution < -0.4 is 10.6 Å². The molecule has 0 unspecified atom stereocenters. The molecule has 280 valence electrons. The molecule has 0 radical (unpaired) electrons. The Balaban J connectivity index is 1.21. The van der Waals surface area contributed by atoms with Crippen molar-refractivity contribution in [3.05, 3.63) is 154 Å². The summed E-state index contributed by atoms with van der Waals surface area (Å²) in [5.74, 6) is -12.2. The third-order valence-electron chi connectivity index (χ3n) is 9.02. The molecule has 1 aliphatic rings. The molecule has 4 atom stereocenters. The molecule has 1 saturated heterocycles. The number of hydrogen-bond acceptors (Lipinski definition) is 6.